The number of benzene rings is 1. The molecule has 0 aliphatic carbocycles. The molecular formula is C16H22N2O4S. The number of nitrogens with one attached hydrogen (secondary N) is 1. The minimum Gasteiger partial charge on any atom is -0.445 e. The number of rotatable bonds is 6. The van der Waals surface area contributed by atoms with E-state index in [4.69, 9.17) is 4.74 Å². The van der Waals surface area contributed by atoms with E-state index in [1.54, 1.807) is 0 Å². The lowest BCUT2D eigenvalue weighted by atomic mass is 10.2. The monoisotopic (exact) mass is 338 g/mol. The molecule has 0 saturated carbocycles. The van der Waals surface area contributed by atoms with Crippen LogP contribution in [0, 0.1) is 0 Å². The standard InChI is InChI=1S/C16H22N2O4S/c1-14-6-5-10-18(12-14)23(20,21)11-9-17-16(19)22-13-15-7-3-2-4-8-15/h2-4,6-8H,5,9-13H2,1H3,(H,17,19). The van der Waals surface area contributed by atoms with Gasteiger partial charge in [-0.15, -0.1) is 0 Å². The third-order valence-corrected chi connectivity index (χ3v) is 5.35. The summed E-state index contributed by atoms with van der Waals surface area (Å²) in [6.07, 6.45) is 2.17. The molecule has 126 valence electrons. The molecule has 1 amide bonds. The number of alkyl carbamates (subject to hydrolysis) is 1. The molecule has 0 spiro atoms. The molecule has 1 aliphatic rings. The van der Waals surface area contributed by atoms with E-state index in [1.165, 1.54) is 4.31 Å². The molecule has 0 fully saturated rings. The van der Waals surface area contributed by atoms with Gasteiger partial charge in [-0.25, -0.2) is 13.2 Å². The fourth-order valence-corrected chi connectivity index (χ4v) is 3.70. The molecule has 0 atom stereocenters. The van der Waals surface area contributed by atoms with Gasteiger partial charge in [0.2, 0.25) is 10.0 Å². The quantitative estimate of drug-likeness (QED) is 0.804. The molecule has 7 heteroatoms. The first-order valence-corrected chi connectivity index (χ1v) is 9.16. The number of hydrogen-bond donors (Lipinski definition) is 1. The maximum atomic E-state index is 12.2. The summed E-state index contributed by atoms with van der Waals surface area (Å²) in [4.78, 5) is 11.6. The highest BCUT2D eigenvalue weighted by Crippen LogP contribution is 2.13. The lowest BCUT2D eigenvalue weighted by molar-refractivity contribution is 0.140. The Morgan fingerprint density at radius 1 is 1.30 bits per heavy atom. The van der Waals surface area contributed by atoms with Crippen molar-refractivity contribution in [2.75, 3.05) is 25.4 Å². The minimum absolute atomic E-state index is 0.0369. The molecule has 0 aromatic heterocycles. The van der Waals surface area contributed by atoms with Crippen LogP contribution in [0.2, 0.25) is 0 Å². The zero-order chi connectivity index (χ0) is 16.7. The molecule has 0 bridgehead atoms. The van der Waals surface area contributed by atoms with Gasteiger partial charge in [-0.2, -0.15) is 4.31 Å². The second kappa shape index (κ2) is 8.12. The third-order valence-electron chi connectivity index (χ3n) is 3.53. The Morgan fingerprint density at radius 2 is 2.04 bits per heavy atom. The second-order valence-corrected chi connectivity index (χ2v) is 7.57. The number of sulfonamides is 1. The molecule has 23 heavy (non-hydrogen) atoms. The van der Waals surface area contributed by atoms with Gasteiger partial charge >= 0.3 is 6.09 Å². The lowest BCUT2D eigenvalue weighted by Crippen LogP contribution is -2.40. The van der Waals surface area contributed by atoms with E-state index in [-0.39, 0.29) is 18.9 Å². The summed E-state index contributed by atoms with van der Waals surface area (Å²) in [5, 5.41) is 2.48. The molecule has 1 N–H and O–H groups in total. The van der Waals surface area contributed by atoms with Crippen molar-refractivity contribution in [2.45, 2.75) is 20.0 Å². The fraction of sp³-hybridized carbons (Fsp3) is 0.438. The van der Waals surface area contributed by atoms with Crippen molar-refractivity contribution in [3.8, 4) is 0 Å². The van der Waals surface area contributed by atoms with Crippen molar-refractivity contribution in [3.05, 3.63) is 47.5 Å². The van der Waals surface area contributed by atoms with Gasteiger partial charge in [0.05, 0.1) is 5.75 Å². The third kappa shape index (κ3) is 5.69. The van der Waals surface area contributed by atoms with Crippen molar-refractivity contribution in [1.82, 2.24) is 9.62 Å². The molecule has 6 nitrogen and oxygen atoms in total. The Hall–Kier alpha value is -1.86. The SMILES string of the molecule is CC1=CCCN(S(=O)(=O)CCNC(=O)OCc2ccccc2)C1. The number of ether oxygens (including phenoxy) is 1. The number of nitrogens with zero attached hydrogens (tertiary/aromatic N) is 1. The number of amides is 1. The van der Waals surface area contributed by atoms with Crippen molar-refractivity contribution in [1.29, 1.82) is 0 Å². The second-order valence-electron chi connectivity index (χ2n) is 5.48. The molecule has 0 saturated heterocycles. The topological polar surface area (TPSA) is 75.7 Å². The van der Waals surface area contributed by atoms with Crippen molar-refractivity contribution in [3.63, 3.8) is 0 Å². The maximum Gasteiger partial charge on any atom is 0.407 e. The van der Waals surface area contributed by atoms with Crippen LogP contribution in [-0.2, 0) is 21.4 Å². The molecule has 2 rings (SSSR count). The largest absolute Gasteiger partial charge is 0.445 e. The normalized spacial score (nSPS) is 15.8. The first-order valence-electron chi connectivity index (χ1n) is 7.55. The van der Waals surface area contributed by atoms with Crippen molar-refractivity contribution >= 4 is 16.1 Å². The summed E-state index contributed by atoms with van der Waals surface area (Å²) in [7, 11) is -3.36. The van der Waals surface area contributed by atoms with Crippen molar-refractivity contribution < 1.29 is 17.9 Å². The Balaban J connectivity index is 1.71. The number of carbonyl (C=O) groups excluding carboxylic acids is 1. The first kappa shape index (κ1) is 17.5. The summed E-state index contributed by atoms with van der Waals surface area (Å²) < 4.78 is 30.9. The zero-order valence-corrected chi connectivity index (χ0v) is 14.0. The summed E-state index contributed by atoms with van der Waals surface area (Å²) in [6, 6.07) is 9.30. The Kier molecular flexibility index (Phi) is 6.18. The maximum absolute atomic E-state index is 12.2. The summed E-state index contributed by atoms with van der Waals surface area (Å²) in [5.41, 5.74) is 1.93. The van der Waals surface area contributed by atoms with E-state index in [2.05, 4.69) is 5.32 Å². The highest BCUT2D eigenvalue weighted by atomic mass is 32.2. The minimum atomic E-state index is -3.36. The van der Waals surface area contributed by atoms with E-state index >= 15 is 0 Å². The summed E-state index contributed by atoms with van der Waals surface area (Å²) in [6.45, 7) is 3.05. The van der Waals surface area contributed by atoms with Gasteiger partial charge in [0.15, 0.2) is 0 Å². The van der Waals surface area contributed by atoms with Crippen LogP contribution in [0.1, 0.15) is 18.9 Å². The van der Waals surface area contributed by atoms with Gasteiger partial charge in [0, 0.05) is 19.6 Å². The van der Waals surface area contributed by atoms with E-state index in [1.807, 2.05) is 43.3 Å². The highest BCUT2D eigenvalue weighted by Gasteiger charge is 2.23. The van der Waals surface area contributed by atoms with Crippen LogP contribution in [-0.4, -0.2) is 44.2 Å². The van der Waals surface area contributed by atoms with Crippen LogP contribution in [0.4, 0.5) is 4.79 Å². The van der Waals surface area contributed by atoms with Crippen LogP contribution < -0.4 is 5.32 Å². The molecular weight excluding hydrogens is 316 g/mol. The average Bonchev–Trinajstić information content (AvgIpc) is 2.54. The van der Waals surface area contributed by atoms with E-state index in [0.717, 1.165) is 17.6 Å². The summed E-state index contributed by atoms with van der Waals surface area (Å²) >= 11 is 0. The van der Waals surface area contributed by atoms with Crippen LogP contribution in [0.15, 0.2) is 42.0 Å². The lowest BCUT2D eigenvalue weighted by Gasteiger charge is -2.25. The van der Waals surface area contributed by atoms with Gasteiger partial charge in [-0.1, -0.05) is 42.0 Å². The molecule has 1 aromatic rings. The Bertz CT molecular complexity index is 656. The van der Waals surface area contributed by atoms with E-state index in [0.29, 0.717) is 13.1 Å². The van der Waals surface area contributed by atoms with Gasteiger partial charge in [-0.05, 0) is 18.9 Å². The van der Waals surface area contributed by atoms with Crippen LogP contribution in [0.25, 0.3) is 0 Å². The Labute approximate surface area is 137 Å². The van der Waals surface area contributed by atoms with Crippen LogP contribution >= 0.6 is 0 Å². The van der Waals surface area contributed by atoms with Crippen molar-refractivity contribution in [2.24, 2.45) is 0 Å². The molecule has 1 heterocycles. The fourth-order valence-electron chi connectivity index (χ4n) is 2.30. The Morgan fingerprint density at radius 3 is 2.74 bits per heavy atom. The predicted octanol–water partition coefficient (Wildman–Crippen LogP) is 1.89. The average molecular weight is 338 g/mol. The smallest absolute Gasteiger partial charge is 0.407 e. The van der Waals surface area contributed by atoms with E-state index < -0.39 is 16.1 Å². The first-order chi connectivity index (χ1) is 11.0. The number of carbonyl (C=O) groups is 1. The highest BCUT2D eigenvalue weighted by molar-refractivity contribution is 7.89. The van der Waals surface area contributed by atoms with E-state index in [9.17, 15) is 13.2 Å². The molecule has 1 aromatic carbocycles. The molecule has 0 unspecified atom stereocenters. The van der Waals surface area contributed by atoms with Gasteiger partial charge in [0.1, 0.15) is 6.61 Å². The summed E-state index contributed by atoms with van der Waals surface area (Å²) in [5.74, 6) is -0.124. The molecule has 1 aliphatic heterocycles. The molecule has 0 radical (unpaired) electrons. The number of hydrogen-bond acceptors (Lipinski definition) is 4. The van der Waals surface area contributed by atoms with Crippen LogP contribution in [0.5, 0.6) is 0 Å². The predicted molar refractivity (Wildman–Crippen MR) is 88.4 cm³/mol. The van der Waals surface area contributed by atoms with Gasteiger partial charge in [0.25, 0.3) is 0 Å². The zero-order valence-electron chi connectivity index (χ0n) is 13.2. The van der Waals surface area contributed by atoms with Gasteiger partial charge in [-0.3, -0.25) is 0 Å². The van der Waals surface area contributed by atoms with Crippen LogP contribution in [0.3, 0.4) is 0 Å². The van der Waals surface area contributed by atoms with Gasteiger partial charge < -0.3 is 10.1 Å².